The molecule has 1 aromatic carbocycles. The van der Waals surface area contributed by atoms with Gasteiger partial charge < -0.3 is 5.11 Å². The van der Waals surface area contributed by atoms with Crippen molar-refractivity contribution in [2.75, 3.05) is 0 Å². The van der Waals surface area contributed by atoms with Crippen LogP contribution in [0.15, 0.2) is 17.0 Å². The predicted molar refractivity (Wildman–Crippen MR) is 52.7 cm³/mol. The number of hydrogen-bond donors (Lipinski definition) is 2. The molecular weight excluding hydrogens is 220 g/mol. The molecule has 82 valence electrons. The molecule has 0 aromatic heterocycles. The molecule has 0 bridgehead atoms. The number of rotatable bonds is 2. The van der Waals surface area contributed by atoms with Gasteiger partial charge in [0.05, 0.1) is 5.56 Å². The number of hydrogen-bond acceptors (Lipinski definition) is 3. The Kier molecular flexibility index (Phi) is 2.83. The lowest BCUT2D eigenvalue weighted by Gasteiger charge is -2.08. The quantitative estimate of drug-likeness (QED) is 0.746. The molecule has 0 spiro atoms. The first kappa shape index (κ1) is 11.7. The maximum Gasteiger partial charge on any atom is 0.335 e. The molecule has 0 atom stereocenters. The fourth-order valence-corrected chi connectivity index (χ4v) is 2.43. The molecule has 0 unspecified atom stereocenters. The van der Waals surface area contributed by atoms with Gasteiger partial charge in [0.2, 0.25) is 0 Å². The Morgan fingerprint density at radius 2 is 1.80 bits per heavy atom. The van der Waals surface area contributed by atoms with Crippen molar-refractivity contribution in [3.63, 3.8) is 0 Å². The fourth-order valence-electron chi connectivity index (χ4n) is 1.46. The molecule has 15 heavy (non-hydrogen) atoms. The maximum atomic E-state index is 11.0. The van der Waals surface area contributed by atoms with Crippen LogP contribution in [-0.4, -0.2) is 24.0 Å². The number of aryl methyl sites for hydroxylation is 1. The SMILES string of the molecule is Cc1ccc(C(=O)O)c(C)c1S(=O)(=O)O. The van der Waals surface area contributed by atoms with E-state index in [2.05, 4.69) is 0 Å². The molecule has 6 heteroatoms. The highest BCUT2D eigenvalue weighted by molar-refractivity contribution is 7.86. The summed E-state index contributed by atoms with van der Waals surface area (Å²) in [6, 6.07) is 2.65. The minimum atomic E-state index is -4.38. The summed E-state index contributed by atoms with van der Waals surface area (Å²) in [5.41, 5.74) is 0.234. The first-order valence-corrected chi connectivity index (χ1v) is 5.50. The van der Waals surface area contributed by atoms with Crippen molar-refractivity contribution in [2.24, 2.45) is 0 Å². The molecule has 0 aliphatic heterocycles. The van der Waals surface area contributed by atoms with Gasteiger partial charge in [0.1, 0.15) is 4.90 Å². The van der Waals surface area contributed by atoms with Crippen LogP contribution in [0, 0.1) is 13.8 Å². The average molecular weight is 230 g/mol. The smallest absolute Gasteiger partial charge is 0.335 e. The predicted octanol–water partition coefficient (Wildman–Crippen LogP) is 1.25. The van der Waals surface area contributed by atoms with Crippen LogP contribution in [0.5, 0.6) is 0 Å². The summed E-state index contributed by atoms with van der Waals surface area (Å²) in [6.07, 6.45) is 0. The van der Waals surface area contributed by atoms with Crippen LogP contribution < -0.4 is 0 Å². The molecule has 0 amide bonds. The number of carboxylic acids is 1. The third kappa shape index (κ3) is 2.16. The van der Waals surface area contributed by atoms with E-state index in [-0.39, 0.29) is 16.0 Å². The summed E-state index contributed by atoms with van der Waals surface area (Å²) in [6.45, 7) is 2.83. The molecular formula is C9H10O5S. The summed E-state index contributed by atoms with van der Waals surface area (Å²) < 4.78 is 31.0. The van der Waals surface area contributed by atoms with Crippen molar-refractivity contribution in [3.05, 3.63) is 28.8 Å². The zero-order valence-electron chi connectivity index (χ0n) is 8.18. The van der Waals surface area contributed by atoms with Crippen molar-refractivity contribution < 1.29 is 22.9 Å². The second-order valence-corrected chi connectivity index (χ2v) is 4.52. The van der Waals surface area contributed by atoms with E-state index in [0.29, 0.717) is 5.56 Å². The molecule has 0 saturated carbocycles. The Morgan fingerprint density at radius 1 is 1.27 bits per heavy atom. The van der Waals surface area contributed by atoms with E-state index in [1.54, 1.807) is 0 Å². The molecule has 0 aliphatic carbocycles. The molecule has 1 rings (SSSR count). The summed E-state index contributed by atoms with van der Waals surface area (Å²) in [5.74, 6) is -1.22. The van der Waals surface area contributed by atoms with Crippen LogP contribution in [0.3, 0.4) is 0 Å². The Labute approximate surface area is 87.1 Å². The minimum Gasteiger partial charge on any atom is -0.478 e. The third-order valence-electron chi connectivity index (χ3n) is 2.09. The Hall–Kier alpha value is -1.40. The van der Waals surface area contributed by atoms with E-state index < -0.39 is 16.1 Å². The standard InChI is InChI=1S/C9H10O5S/c1-5-3-4-7(9(10)11)6(2)8(5)15(12,13)14/h3-4H,1-2H3,(H,10,11)(H,12,13,14). The van der Waals surface area contributed by atoms with Crippen LogP contribution in [-0.2, 0) is 10.1 Å². The highest BCUT2D eigenvalue weighted by atomic mass is 32.2. The average Bonchev–Trinajstić information content (AvgIpc) is 2.00. The zero-order chi connectivity index (χ0) is 11.8. The molecule has 0 aliphatic rings. The zero-order valence-corrected chi connectivity index (χ0v) is 9.00. The molecule has 0 radical (unpaired) electrons. The molecule has 5 nitrogen and oxygen atoms in total. The van der Waals surface area contributed by atoms with Gasteiger partial charge in [-0.15, -0.1) is 0 Å². The van der Waals surface area contributed by atoms with Gasteiger partial charge in [-0.2, -0.15) is 8.42 Å². The van der Waals surface area contributed by atoms with Gasteiger partial charge >= 0.3 is 5.97 Å². The lowest BCUT2D eigenvalue weighted by molar-refractivity contribution is 0.0696. The van der Waals surface area contributed by atoms with Crippen molar-refractivity contribution in [2.45, 2.75) is 18.7 Å². The number of benzene rings is 1. The van der Waals surface area contributed by atoms with E-state index in [0.717, 1.165) is 0 Å². The highest BCUT2D eigenvalue weighted by Gasteiger charge is 2.20. The van der Waals surface area contributed by atoms with Gasteiger partial charge in [0.25, 0.3) is 10.1 Å². The van der Waals surface area contributed by atoms with Crippen LogP contribution in [0.4, 0.5) is 0 Å². The Balaban J connectivity index is 3.66. The van der Waals surface area contributed by atoms with Gasteiger partial charge in [0, 0.05) is 0 Å². The van der Waals surface area contributed by atoms with Gasteiger partial charge in [-0.1, -0.05) is 6.07 Å². The summed E-state index contributed by atoms with van der Waals surface area (Å²) in [5, 5.41) is 8.77. The Morgan fingerprint density at radius 3 is 2.20 bits per heavy atom. The normalized spacial score (nSPS) is 11.4. The van der Waals surface area contributed by atoms with Crippen molar-refractivity contribution in [1.82, 2.24) is 0 Å². The van der Waals surface area contributed by atoms with Crippen LogP contribution in [0.1, 0.15) is 21.5 Å². The fraction of sp³-hybridized carbons (Fsp3) is 0.222. The second kappa shape index (κ2) is 3.63. The molecule has 0 saturated heterocycles. The first-order chi connectivity index (χ1) is 6.75. The molecule has 0 fully saturated rings. The van der Waals surface area contributed by atoms with Gasteiger partial charge in [0.15, 0.2) is 0 Å². The van der Waals surface area contributed by atoms with Crippen molar-refractivity contribution in [3.8, 4) is 0 Å². The Bertz CT molecular complexity index is 516. The van der Waals surface area contributed by atoms with E-state index in [1.165, 1.54) is 26.0 Å². The summed E-state index contributed by atoms with van der Waals surface area (Å²) in [4.78, 5) is 10.4. The number of carboxylic acid groups (broad SMARTS) is 1. The third-order valence-corrected chi connectivity index (χ3v) is 3.24. The minimum absolute atomic E-state index is 0.0463. The van der Waals surface area contributed by atoms with Crippen LogP contribution in [0.2, 0.25) is 0 Å². The van der Waals surface area contributed by atoms with Crippen LogP contribution in [0.25, 0.3) is 0 Å². The summed E-state index contributed by atoms with van der Waals surface area (Å²) in [7, 11) is -4.38. The molecule has 2 N–H and O–H groups in total. The van der Waals surface area contributed by atoms with Crippen molar-refractivity contribution >= 4 is 16.1 Å². The van der Waals surface area contributed by atoms with Gasteiger partial charge in [-0.25, -0.2) is 4.79 Å². The first-order valence-electron chi connectivity index (χ1n) is 4.06. The number of carbonyl (C=O) groups is 1. The van der Waals surface area contributed by atoms with Crippen molar-refractivity contribution in [1.29, 1.82) is 0 Å². The van der Waals surface area contributed by atoms with Crippen LogP contribution >= 0.6 is 0 Å². The topological polar surface area (TPSA) is 91.7 Å². The maximum absolute atomic E-state index is 11.0. The van der Waals surface area contributed by atoms with E-state index >= 15 is 0 Å². The lowest BCUT2D eigenvalue weighted by atomic mass is 10.1. The second-order valence-electron chi connectivity index (χ2n) is 3.16. The van der Waals surface area contributed by atoms with Gasteiger partial charge in [-0.05, 0) is 31.0 Å². The molecule has 0 heterocycles. The molecule has 1 aromatic rings. The van der Waals surface area contributed by atoms with E-state index in [1.807, 2.05) is 0 Å². The van der Waals surface area contributed by atoms with E-state index in [9.17, 15) is 13.2 Å². The lowest BCUT2D eigenvalue weighted by Crippen LogP contribution is -2.09. The number of aromatic carboxylic acids is 1. The largest absolute Gasteiger partial charge is 0.478 e. The summed E-state index contributed by atoms with van der Waals surface area (Å²) >= 11 is 0. The van der Waals surface area contributed by atoms with E-state index in [4.69, 9.17) is 9.66 Å². The van der Waals surface area contributed by atoms with Gasteiger partial charge in [-0.3, -0.25) is 4.55 Å². The monoisotopic (exact) mass is 230 g/mol. The highest BCUT2D eigenvalue weighted by Crippen LogP contribution is 2.22.